The SMILES string of the molecule is COCCNc1nc(C(C)C)cc2n[nH]c(=O)n12. The van der Waals surface area contributed by atoms with E-state index >= 15 is 0 Å². The molecule has 0 radical (unpaired) electrons. The van der Waals surface area contributed by atoms with Gasteiger partial charge in [0.2, 0.25) is 5.95 Å². The van der Waals surface area contributed by atoms with E-state index in [4.69, 9.17) is 4.74 Å². The van der Waals surface area contributed by atoms with Crippen LogP contribution in [0.15, 0.2) is 10.9 Å². The molecule has 0 aromatic carbocycles. The fourth-order valence-electron chi connectivity index (χ4n) is 1.63. The van der Waals surface area contributed by atoms with Crippen molar-refractivity contribution in [3.05, 3.63) is 22.2 Å². The molecule has 0 aliphatic heterocycles. The molecule has 0 atom stereocenters. The molecule has 0 aliphatic carbocycles. The van der Waals surface area contributed by atoms with Gasteiger partial charge in [0.15, 0.2) is 5.65 Å². The van der Waals surface area contributed by atoms with Crippen LogP contribution in [0.5, 0.6) is 0 Å². The summed E-state index contributed by atoms with van der Waals surface area (Å²) in [4.78, 5) is 16.1. The van der Waals surface area contributed by atoms with Gasteiger partial charge in [0.1, 0.15) is 0 Å². The molecular formula is C11H17N5O2. The number of anilines is 1. The number of nitrogens with one attached hydrogen (secondary N) is 2. The van der Waals surface area contributed by atoms with E-state index in [2.05, 4.69) is 20.5 Å². The van der Waals surface area contributed by atoms with Gasteiger partial charge in [-0.25, -0.2) is 19.3 Å². The van der Waals surface area contributed by atoms with E-state index in [0.717, 1.165) is 5.69 Å². The number of methoxy groups -OCH3 is 1. The van der Waals surface area contributed by atoms with Gasteiger partial charge < -0.3 is 10.1 Å². The molecule has 0 bridgehead atoms. The Kier molecular flexibility index (Phi) is 3.61. The Hall–Kier alpha value is -1.89. The number of hydrogen-bond donors (Lipinski definition) is 2. The molecule has 2 rings (SSSR count). The Morgan fingerprint density at radius 3 is 3.00 bits per heavy atom. The predicted octanol–water partition coefficient (Wildman–Crippen LogP) is 0.599. The van der Waals surface area contributed by atoms with Gasteiger partial charge in [-0.2, -0.15) is 5.10 Å². The van der Waals surface area contributed by atoms with Gasteiger partial charge in [0.05, 0.1) is 12.3 Å². The van der Waals surface area contributed by atoms with E-state index in [1.165, 1.54) is 4.40 Å². The van der Waals surface area contributed by atoms with Crippen LogP contribution in [0.25, 0.3) is 5.65 Å². The Morgan fingerprint density at radius 1 is 1.56 bits per heavy atom. The molecule has 2 N–H and O–H groups in total. The maximum absolute atomic E-state index is 11.6. The Bertz CT molecular complexity index is 587. The van der Waals surface area contributed by atoms with Gasteiger partial charge in [0, 0.05) is 19.7 Å². The molecule has 98 valence electrons. The van der Waals surface area contributed by atoms with Crippen LogP contribution >= 0.6 is 0 Å². The number of fused-ring (bicyclic) bond motifs is 1. The van der Waals surface area contributed by atoms with Crippen LogP contribution in [-0.2, 0) is 4.74 Å². The standard InChI is InChI=1S/C11H17N5O2/c1-7(2)8-6-9-14-15-11(17)16(9)10(13-8)12-4-5-18-3/h6-7H,4-5H2,1-3H3,(H,12,13)(H,15,17). The molecule has 0 aliphatic rings. The van der Waals surface area contributed by atoms with E-state index in [-0.39, 0.29) is 11.6 Å². The summed E-state index contributed by atoms with van der Waals surface area (Å²) in [6, 6.07) is 1.81. The summed E-state index contributed by atoms with van der Waals surface area (Å²) < 4.78 is 6.38. The van der Waals surface area contributed by atoms with Crippen LogP contribution < -0.4 is 11.0 Å². The summed E-state index contributed by atoms with van der Waals surface area (Å²) in [7, 11) is 1.62. The zero-order valence-electron chi connectivity index (χ0n) is 10.7. The Labute approximate surface area is 104 Å². The second kappa shape index (κ2) is 5.18. The maximum Gasteiger partial charge on any atom is 0.350 e. The van der Waals surface area contributed by atoms with Crippen LogP contribution in [0.2, 0.25) is 0 Å². The first-order chi connectivity index (χ1) is 8.63. The maximum atomic E-state index is 11.6. The lowest BCUT2D eigenvalue weighted by molar-refractivity contribution is 0.210. The highest BCUT2D eigenvalue weighted by Gasteiger charge is 2.11. The molecule has 7 nitrogen and oxygen atoms in total. The molecule has 0 spiro atoms. The second-order valence-electron chi connectivity index (χ2n) is 4.30. The van der Waals surface area contributed by atoms with Crippen molar-refractivity contribution in [1.29, 1.82) is 0 Å². The molecule has 2 heterocycles. The van der Waals surface area contributed by atoms with Gasteiger partial charge in [-0.05, 0) is 5.92 Å². The van der Waals surface area contributed by atoms with Crippen molar-refractivity contribution in [2.45, 2.75) is 19.8 Å². The zero-order valence-corrected chi connectivity index (χ0v) is 10.7. The Balaban J connectivity index is 2.45. The number of aromatic nitrogens is 4. The van der Waals surface area contributed by atoms with Crippen molar-refractivity contribution >= 4 is 11.6 Å². The number of aromatic amines is 1. The first kappa shape index (κ1) is 12.6. The Morgan fingerprint density at radius 2 is 2.33 bits per heavy atom. The highest BCUT2D eigenvalue weighted by molar-refractivity contribution is 5.46. The van der Waals surface area contributed by atoms with Crippen LogP contribution in [0.3, 0.4) is 0 Å². The van der Waals surface area contributed by atoms with Crippen molar-refractivity contribution in [3.8, 4) is 0 Å². The minimum Gasteiger partial charge on any atom is -0.383 e. The third-order valence-electron chi connectivity index (χ3n) is 2.60. The molecule has 0 saturated heterocycles. The number of rotatable bonds is 5. The van der Waals surface area contributed by atoms with Gasteiger partial charge in [0.25, 0.3) is 0 Å². The quantitative estimate of drug-likeness (QED) is 0.760. The van der Waals surface area contributed by atoms with Crippen molar-refractivity contribution in [3.63, 3.8) is 0 Å². The van der Waals surface area contributed by atoms with Crippen molar-refractivity contribution < 1.29 is 4.74 Å². The van der Waals surface area contributed by atoms with Gasteiger partial charge in [-0.15, -0.1) is 0 Å². The minimum atomic E-state index is -0.298. The fourth-order valence-corrected chi connectivity index (χ4v) is 1.63. The van der Waals surface area contributed by atoms with Gasteiger partial charge >= 0.3 is 5.69 Å². The van der Waals surface area contributed by atoms with Gasteiger partial charge in [-0.3, -0.25) is 0 Å². The third-order valence-corrected chi connectivity index (χ3v) is 2.60. The summed E-state index contributed by atoms with van der Waals surface area (Å²) in [5, 5.41) is 9.46. The van der Waals surface area contributed by atoms with E-state index in [1.807, 2.05) is 19.9 Å². The fraction of sp³-hybridized carbons (Fsp3) is 0.545. The van der Waals surface area contributed by atoms with Crippen LogP contribution in [0, 0.1) is 0 Å². The summed E-state index contributed by atoms with van der Waals surface area (Å²) >= 11 is 0. The highest BCUT2D eigenvalue weighted by atomic mass is 16.5. The summed E-state index contributed by atoms with van der Waals surface area (Å²) in [6.45, 7) is 5.21. The lowest BCUT2D eigenvalue weighted by atomic mass is 10.1. The largest absolute Gasteiger partial charge is 0.383 e. The normalized spacial score (nSPS) is 11.3. The van der Waals surface area contributed by atoms with E-state index < -0.39 is 0 Å². The number of hydrogen-bond acceptors (Lipinski definition) is 5. The van der Waals surface area contributed by atoms with Crippen molar-refractivity contribution in [2.75, 3.05) is 25.6 Å². The van der Waals surface area contributed by atoms with Crippen LogP contribution in [0.1, 0.15) is 25.5 Å². The summed E-state index contributed by atoms with van der Waals surface area (Å²) in [5.74, 6) is 0.761. The molecule has 18 heavy (non-hydrogen) atoms. The lowest BCUT2D eigenvalue weighted by Gasteiger charge is -2.10. The van der Waals surface area contributed by atoms with Crippen molar-refractivity contribution in [2.24, 2.45) is 0 Å². The molecule has 0 amide bonds. The predicted molar refractivity (Wildman–Crippen MR) is 68.1 cm³/mol. The smallest absolute Gasteiger partial charge is 0.350 e. The van der Waals surface area contributed by atoms with Crippen molar-refractivity contribution in [1.82, 2.24) is 19.6 Å². The lowest BCUT2D eigenvalue weighted by Crippen LogP contribution is -2.19. The number of ether oxygens (including phenoxy) is 1. The number of nitrogens with zero attached hydrogens (tertiary/aromatic N) is 3. The van der Waals surface area contributed by atoms with E-state index in [1.54, 1.807) is 7.11 Å². The monoisotopic (exact) mass is 251 g/mol. The highest BCUT2D eigenvalue weighted by Crippen LogP contribution is 2.15. The molecule has 0 fully saturated rings. The first-order valence-corrected chi connectivity index (χ1v) is 5.84. The molecule has 2 aromatic rings. The zero-order chi connectivity index (χ0) is 13.1. The summed E-state index contributed by atoms with van der Waals surface area (Å²) in [6.07, 6.45) is 0. The molecule has 0 unspecified atom stereocenters. The molecule has 2 aromatic heterocycles. The molecular weight excluding hydrogens is 234 g/mol. The topological polar surface area (TPSA) is 84.3 Å². The van der Waals surface area contributed by atoms with E-state index in [0.29, 0.717) is 24.7 Å². The second-order valence-corrected chi connectivity index (χ2v) is 4.30. The molecule has 0 saturated carbocycles. The summed E-state index contributed by atoms with van der Waals surface area (Å²) in [5.41, 5.74) is 1.16. The number of H-pyrrole nitrogens is 1. The average molecular weight is 251 g/mol. The average Bonchev–Trinajstić information content (AvgIpc) is 2.71. The van der Waals surface area contributed by atoms with Crippen LogP contribution in [-0.4, -0.2) is 39.8 Å². The van der Waals surface area contributed by atoms with E-state index in [9.17, 15) is 4.79 Å². The van der Waals surface area contributed by atoms with Crippen LogP contribution in [0.4, 0.5) is 5.95 Å². The minimum absolute atomic E-state index is 0.268. The first-order valence-electron chi connectivity index (χ1n) is 5.84. The van der Waals surface area contributed by atoms with Gasteiger partial charge in [-0.1, -0.05) is 13.8 Å². The third kappa shape index (κ3) is 2.35. The molecule has 7 heteroatoms.